The van der Waals surface area contributed by atoms with Crippen molar-refractivity contribution >= 4 is 0 Å². The van der Waals surface area contributed by atoms with Crippen molar-refractivity contribution in [2.45, 2.75) is 25.7 Å². The van der Waals surface area contributed by atoms with Gasteiger partial charge in [-0.25, -0.2) is 0 Å². The molecule has 0 spiro atoms. The Morgan fingerprint density at radius 3 is 2.12 bits per heavy atom. The number of aromatic nitrogens is 1. The van der Waals surface area contributed by atoms with Gasteiger partial charge in [-0.1, -0.05) is 60.7 Å². The highest BCUT2D eigenvalue weighted by Gasteiger charge is 2.27. The minimum absolute atomic E-state index is 0.259. The Bertz CT molecular complexity index is 904. The number of benzene rings is 2. The monoisotopic (exact) mass is 431 g/mol. The second kappa shape index (κ2) is 11.3. The van der Waals surface area contributed by atoms with E-state index in [2.05, 4.69) is 75.4 Å². The first-order valence-corrected chi connectivity index (χ1v) is 11.4. The van der Waals surface area contributed by atoms with Gasteiger partial charge in [0.15, 0.2) is 0 Å². The molecule has 5 heteroatoms. The van der Waals surface area contributed by atoms with Crippen LogP contribution in [-0.4, -0.2) is 65.3 Å². The average molecular weight is 432 g/mol. The lowest BCUT2D eigenvalue weighted by Gasteiger charge is -2.40. The molecule has 1 aliphatic heterocycles. The Hall–Kier alpha value is -2.57. The molecule has 1 aromatic heterocycles. The molecule has 2 aromatic carbocycles. The van der Waals surface area contributed by atoms with E-state index < -0.39 is 6.10 Å². The first-order chi connectivity index (χ1) is 15.7. The fourth-order valence-corrected chi connectivity index (χ4v) is 4.42. The lowest BCUT2D eigenvalue weighted by atomic mass is 9.96. The van der Waals surface area contributed by atoms with E-state index in [1.54, 1.807) is 6.20 Å². The molecule has 168 valence electrons. The summed E-state index contributed by atoms with van der Waals surface area (Å²) in [6, 6.07) is 25.7. The van der Waals surface area contributed by atoms with Crippen LogP contribution in [0, 0.1) is 6.92 Å². The first-order valence-electron chi connectivity index (χ1n) is 11.4. The Labute approximate surface area is 191 Å². The second-order valence-electron chi connectivity index (χ2n) is 8.55. The minimum Gasteiger partial charge on any atom is -0.389 e. The number of nitrogens with zero attached hydrogens (tertiary/aromatic N) is 3. The van der Waals surface area contributed by atoms with Crippen molar-refractivity contribution in [3.8, 4) is 0 Å². The molecule has 1 aliphatic rings. The molecule has 1 saturated heterocycles. The maximum absolute atomic E-state index is 10.5. The van der Waals surface area contributed by atoms with Crippen molar-refractivity contribution in [2.75, 3.05) is 39.3 Å². The first kappa shape index (κ1) is 22.6. The summed E-state index contributed by atoms with van der Waals surface area (Å²) in [7, 11) is 0. The van der Waals surface area contributed by atoms with Crippen LogP contribution in [0.4, 0.5) is 0 Å². The van der Waals surface area contributed by atoms with Crippen LogP contribution in [0.25, 0.3) is 0 Å². The molecule has 2 heterocycles. The lowest BCUT2D eigenvalue weighted by Crippen LogP contribution is -2.50. The standard InChI is InChI=1S/C27H33N3O2/c1-22-12-13-28-25(18-22)20-32-21-26(31)19-29-14-16-30(17-15-29)27(23-8-4-2-5-9-23)24-10-6-3-7-11-24/h2-13,18,26-27,31H,14-17,19-21H2,1H3. The molecule has 0 bridgehead atoms. The summed E-state index contributed by atoms with van der Waals surface area (Å²) >= 11 is 0. The Kier molecular flexibility index (Phi) is 8.02. The minimum atomic E-state index is -0.495. The van der Waals surface area contributed by atoms with Gasteiger partial charge in [0.1, 0.15) is 0 Å². The van der Waals surface area contributed by atoms with Crippen molar-refractivity contribution < 1.29 is 9.84 Å². The third-order valence-corrected chi connectivity index (χ3v) is 6.00. The molecule has 1 unspecified atom stereocenters. The second-order valence-corrected chi connectivity index (χ2v) is 8.55. The molecule has 0 amide bonds. The maximum Gasteiger partial charge on any atom is 0.0900 e. The Balaban J connectivity index is 1.28. The van der Waals surface area contributed by atoms with Crippen LogP contribution in [0.1, 0.15) is 28.4 Å². The summed E-state index contributed by atoms with van der Waals surface area (Å²) < 4.78 is 5.70. The lowest BCUT2D eigenvalue weighted by molar-refractivity contribution is -0.00145. The van der Waals surface area contributed by atoms with Crippen LogP contribution in [-0.2, 0) is 11.3 Å². The van der Waals surface area contributed by atoms with Crippen LogP contribution >= 0.6 is 0 Å². The number of aliphatic hydroxyl groups excluding tert-OH is 1. The van der Waals surface area contributed by atoms with Gasteiger partial charge in [-0.2, -0.15) is 0 Å². The number of hydrogen-bond donors (Lipinski definition) is 1. The quantitative estimate of drug-likeness (QED) is 0.560. The van der Waals surface area contributed by atoms with Gasteiger partial charge in [-0.15, -0.1) is 0 Å². The summed E-state index contributed by atoms with van der Waals surface area (Å²) in [6.45, 7) is 7.24. The number of piperazine rings is 1. The highest BCUT2D eigenvalue weighted by molar-refractivity contribution is 5.32. The van der Waals surface area contributed by atoms with Gasteiger partial charge in [0.2, 0.25) is 0 Å². The third kappa shape index (κ3) is 6.24. The maximum atomic E-state index is 10.5. The fraction of sp³-hybridized carbons (Fsp3) is 0.370. The van der Waals surface area contributed by atoms with E-state index in [0.29, 0.717) is 19.8 Å². The number of aryl methyl sites for hydroxylation is 1. The van der Waals surface area contributed by atoms with Gasteiger partial charge in [0.25, 0.3) is 0 Å². The van der Waals surface area contributed by atoms with E-state index in [1.165, 1.54) is 16.7 Å². The average Bonchev–Trinajstić information content (AvgIpc) is 2.82. The van der Waals surface area contributed by atoms with Crippen molar-refractivity contribution in [2.24, 2.45) is 0 Å². The van der Waals surface area contributed by atoms with Crippen LogP contribution in [0.15, 0.2) is 79.0 Å². The van der Waals surface area contributed by atoms with E-state index in [-0.39, 0.29) is 6.04 Å². The molecule has 5 nitrogen and oxygen atoms in total. The Morgan fingerprint density at radius 1 is 0.906 bits per heavy atom. The number of rotatable bonds is 9. The Morgan fingerprint density at radius 2 is 1.53 bits per heavy atom. The van der Waals surface area contributed by atoms with Gasteiger partial charge in [0.05, 0.1) is 31.1 Å². The molecule has 4 rings (SSSR count). The zero-order valence-electron chi connectivity index (χ0n) is 18.8. The highest BCUT2D eigenvalue weighted by atomic mass is 16.5. The number of β-amino-alcohol motifs (C(OH)–C–C–N with tert-alkyl or cyclic N) is 1. The largest absolute Gasteiger partial charge is 0.389 e. The summed E-state index contributed by atoms with van der Waals surface area (Å²) in [5, 5.41) is 10.5. The van der Waals surface area contributed by atoms with E-state index >= 15 is 0 Å². The van der Waals surface area contributed by atoms with E-state index in [4.69, 9.17) is 4.74 Å². The highest BCUT2D eigenvalue weighted by Crippen LogP contribution is 2.29. The van der Waals surface area contributed by atoms with Crippen molar-refractivity contribution in [1.29, 1.82) is 0 Å². The normalized spacial score (nSPS) is 16.3. The number of pyridine rings is 1. The van der Waals surface area contributed by atoms with Gasteiger partial charge >= 0.3 is 0 Å². The molecule has 0 saturated carbocycles. The molecular formula is C27H33N3O2. The molecule has 32 heavy (non-hydrogen) atoms. The van der Waals surface area contributed by atoms with Gasteiger partial charge in [-0.3, -0.25) is 14.8 Å². The molecular weight excluding hydrogens is 398 g/mol. The number of aliphatic hydroxyl groups is 1. The summed E-state index contributed by atoms with van der Waals surface area (Å²) in [5.41, 5.74) is 4.72. The van der Waals surface area contributed by atoms with Crippen molar-refractivity contribution in [3.05, 3.63) is 101 Å². The van der Waals surface area contributed by atoms with Gasteiger partial charge < -0.3 is 9.84 Å². The summed E-state index contributed by atoms with van der Waals surface area (Å²) in [5.74, 6) is 0. The number of hydrogen-bond acceptors (Lipinski definition) is 5. The van der Waals surface area contributed by atoms with E-state index in [9.17, 15) is 5.11 Å². The predicted octanol–water partition coefficient (Wildman–Crippen LogP) is 3.67. The topological polar surface area (TPSA) is 48.8 Å². The fourth-order valence-electron chi connectivity index (χ4n) is 4.42. The van der Waals surface area contributed by atoms with Crippen molar-refractivity contribution in [3.63, 3.8) is 0 Å². The molecule has 0 aliphatic carbocycles. The summed E-state index contributed by atoms with van der Waals surface area (Å²) in [4.78, 5) is 9.19. The SMILES string of the molecule is Cc1ccnc(COCC(O)CN2CCN(C(c3ccccc3)c3ccccc3)CC2)c1. The van der Waals surface area contributed by atoms with Gasteiger partial charge in [0, 0.05) is 38.9 Å². The third-order valence-electron chi connectivity index (χ3n) is 6.00. The van der Waals surface area contributed by atoms with Crippen LogP contribution in [0.2, 0.25) is 0 Å². The molecule has 1 atom stereocenters. The molecule has 1 N–H and O–H groups in total. The van der Waals surface area contributed by atoms with Crippen LogP contribution in [0.5, 0.6) is 0 Å². The molecule has 1 fully saturated rings. The molecule has 0 radical (unpaired) electrons. The van der Waals surface area contributed by atoms with Gasteiger partial charge in [-0.05, 0) is 35.7 Å². The molecule has 3 aromatic rings. The van der Waals surface area contributed by atoms with Crippen LogP contribution in [0.3, 0.4) is 0 Å². The van der Waals surface area contributed by atoms with Crippen molar-refractivity contribution in [1.82, 2.24) is 14.8 Å². The zero-order chi connectivity index (χ0) is 22.2. The van der Waals surface area contributed by atoms with Crippen LogP contribution < -0.4 is 0 Å². The van der Waals surface area contributed by atoms with E-state index in [0.717, 1.165) is 31.9 Å². The number of ether oxygens (including phenoxy) is 1. The summed E-state index contributed by atoms with van der Waals surface area (Å²) in [6.07, 6.45) is 1.30. The predicted molar refractivity (Wildman–Crippen MR) is 127 cm³/mol. The zero-order valence-corrected chi connectivity index (χ0v) is 18.8. The van der Waals surface area contributed by atoms with E-state index in [1.807, 2.05) is 19.1 Å². The smallest absolute Gasteiger partial charge is 0.0900 e.